The first kappa shape index (κ1) is 20.0. The van der Waals surface area contributed by atoms with Gasteiger partial charge in [-0.15, -0.1) is 0 Å². The first-order valence-electron chi connectivity index (χ1n) is 9.00. The van der Waals surface area contributed by atoms with E-state index in [9.17, 15) is 4.79 Å². The second-order valence-corrected chi connectivity index (χ2v) is 7.52. The minimum absolute atomic E-state index is 0.338. The third-order valence-corrected chi connectivity index (χ3v) is 5.09. The highest BCUT2D eigenvalue weighted by atomic mass is 16.7. The van der Waals surface area contributed by atoms with Crippen molar-refractivity contribution in [2.45, 2.75) is 38.9 Å². The van der Waals surface area contributed by atoms with Crippen molar-refractivity contribution in [3.05, 3.63) is 53.9 Å². The van der Waals surface area contributed by atoms with Gasteiger partial charge >= 0.3 is 7.12 Å². The Labute approximate surface area is 165 Å². The average Bonchev–Trinajstić information content (AvgIpc) is 2.89. The van der Waals surface area contributed by atoms with Crippen molar-refractivity contribution in [2.24, 2.45) is 5.10 Å². The number of nitrogens with one attached hydrogen (secondary N) is 1. The van der Waals surface area contributed by atoms with E-state index in [4.69, 9.17) is 14.0 Å². The molecule has 28 heavy (non-hydrogen) atoms. The molecule has 1 aliphatic heterocycles. The number of benzene rings is 1. The molecule has 146 valence electrons. The maximum atomic E-state index is 12.1. The minimum Gasteiger partial charge on any atom is -0.497 e. The molecule has 0 radical (unpaired) electrons. The van der Waals surface area contributed by atoms with Crippen molar-refractivity contribution < 1.29 is 18.8 Å². The number of aromatic nitrogens is 1. The largest absolute Gasteiger partial charge is 0.497 e. The summed E-state index contributed by atoms with van der Waals surface area (Å²) in [5.74, 6) is 0.344. The topological polar surface area (TPSA) is 82.0 Å². The number of amides is 1. The van der Waals surface area contributed by atoms with Crippen LogP contribution in [0.4, 0.5) is 0 Å². The van der Waals surface area contributed by atoms with Crippen molar-refractivity contribution in [1.29, 1.82) is 0 Å². The Morgan fingerprint density at radius 1 is 1.21 bits per heavy atom. The fourth-order valence-electron chi connectivity index (χ4n) is 2.69. The molecule has 1 saturated heterocycles. The Morgan fingerprint density at radius 2 is 1.93 bits per heavy atom. The van der Waals surface area contributed by atoms with Crippen LogP contribution in [0.2, 0.25) is 0 Å². The van der Waals surface area contributed by atoms with Crippen LogP contribution in [0, 0.1) is 0 Å². The van der Waals surface area contributed by atoms with E-state index < -0.39 is 18.3 Å². The van der Waals surface area contributed by atoms with Crippen molar-refractivity contribution in [1.82, 2.24) is 10.4 Å². The summed E-state index contributed by atoms with van der Waals surface area (Å²) in [6, 6.07) is 8.88. The van der Waals surface area contributed by atoms with Gasteiger partial charge in [0.25, 0.3) is 5.91 Å². The van der Waals surface area contributed by atoms with Gasteiger partial charge in [-0.05, 0) is 63.0 Å². The first-order chi connectivity index (χ1) is 13.2. The van der Waals surface area contributed by atoms with E-state index in [1.54, 1.807) is 31.7 Å². The summed E-state index contributed by atoms with van der Waals surface area (Å²) in [5.41, 5.74) is 3.53. The lowest BCUT2D eigenvalue weighted by molar-refractivity contribution is 0.00578. The van der Waals surface area contributed by atoms with E-state index in [1.807, 2.05) is 45.9 Å². The standard InChI is InChI=1S/C20H24BN3O4/c1-19(2)20(3,4)28-21(27-19)17-11-16(26-5)9-8-14(17)13-23-24-18(25)15-7-6-10-22-12-15/h6-13H,1-5H3,(H,24,25)/b23-13+. The second kappa shape index (κ2) is 7.73. The third-order valence-electron chi connectivity index (χ3n) is 5.09. The van der Waals surface area contributed by atoms with Gasteiger partial charge in [-0.25, -0.2) is 5.43 Å². The van der Waals surface area contributed by atoms with Gasteiger partial charge in [0.2, 0.25) is 0 Å². The molecular formula is C20H24BN3O4. The van der Waals surface area contributed by atoms with Crippen molar-refractivity contribution in [2.75, 3.05) is 7.11 Å². The fourth-order valence-corrected chi connectivity index (χ4v) is 2.69. The van der Waals surface area contributed by atoms with Gasteiger partial charge in [-0.2, -0.15) is 5.10 Å². The predicted octanol–water partition coefficient (Wildman–Crippen LogP) is 2.15. The van der Waals surface area contributed by atoms with Gasteiger partial charge in [-0.1, -0.05) is 6.07 Å². The fraction of sp³-hybridized carbons (Fsp3) is 0.350. The van der Waals surface area contributed by atoms with Gasteiger partial charge in [0.15, 0.2) is 0 Å². The van der Waals surface area contributed by atoms with Crippen LogP contribution in [-0.4, -0.2) is 42.5 Å². The quantitative estimate of drug-likeness (QED) is 0.488. The highest BCUT2D eigenvalue weighted by molar-refractivity contribution is 6.63. The van der Waals surface area contributed by atoms with E-state index in [-0.39, 0.29) is 5.91 Å². The molecule has 1 amide bonds. The molecule has 2 aromatic rings. The monoisotopic (exact) mass is 381 g/mol. The molecule has 1 aromatic carbocycles. The summed E-state index contributed by atoms with van der Waals surface area (Å²) in [6.45, 7) is 7.98. The third kappa shape index (κ3) is 4.08. The van der Waals surface area contributed by atoms with Crippen molar-refractivity contribution >= 4 is 24.7 Å². The second-order valence-electron chi connectivity index (χ2n) is 7.52. The molecule has 1 aromatic heterocycles. The number of hydrogen-bond acceptors (Lipinski definition) is 6. The number of hydrogen-bond donors (Lipinski definition) is 1. The molecular weight excluding hydrogens is 357 g/mol. The summed E-state index contributed by atoms with van der Waals surface area (Å²) >= 11 is 0. The molecule has 0 aliphatic carbocycles. The lowest BCUT2D eigenvalue weighted by Crippen LogP contribution is -2.41. The number of ether oxygens (including phenoxy) is 1. The number of methoxy groups -OCH3 is 1. The predicted molar refractivity (Wildman–Crippen MR) is 108 cm³/mol. The van der Waals surface area contributed by atoms with Crippen LogP contribution in [0.3, 0.4) is 0 Å². The number of rotatable bonds is 5. The van der Waals surface area contributed by atoms with Crippen LogP contribution in [0.1, 0.15) is 43.6 Å². The zero-order chi connectivity index (χ0) is 20.4. The molecule has 0 spiro atoms. The number of hydrazone groups is 1. The van der Waals surface area contributed by atoms with E-state index in [2.05, 4.69) is 15.5 Å². The molecule has 0 saturated carbocycles. The zero-order valence-corrected chi connectivity index (χ0v) is 16.7. The lowest BCUT2D eigenvalue weighted by Gasteiger charge is -2.32. The van der Waals surface area contributed by atoms with E-state index >= 15 is 0 Å². The molecule has 1 aliphatic rings. The van der Waals surface area contributed by atoms with E-state index in [0.29, 0.717) is 11.3 Å². The Bertz CT molecular complexity index is 868. The van der Waals surface area contributed by atoms with Crippen LogP contribution in [0.5, 0.6) is 5.75 Å². The smallest absolute Gasteiger partial charge is 0.495 e. The van der Waals surface area contributed by atoms with Crippen LogP contribution < -0.4 is 15.6 Å². The Balaban J connectivity index is 1.83. The molecule has 8 heteroatoms. The molecule has 2 heterocycles. The normalized spacial score (nSPS) is 17.7. The number of pyridine rings is 1. The summed E-state index contributed by atoms with van der Waals surface area (Å²) in [6.07, 6.45) is 4.65. The van der Waals surface area contributed by atoms with Gasteiger partial charge in [0.1, 0.15) is 5.75 Å². The van der Waals surface area contributed by atoms with Crippen LogP contribution >= 0.6 is 0 Å². The summed E-state index contributed by atoms with van der Waals surface area (Å²) in [4.78, 5) is 16.0. The molecule has 1 fully saturated rings. The zero-order valence-electron chi connectivity index (χ0n) is 16.7. The highest BCUT2D eigenvalue weighted by Gasteiger charge is 2.52. The Hall–Kier alpha value is -2.71. The molecule has 0 bridgehead atoms. The van der Waals surface area contributed by atoms with Crippen molar-refractivity contribution in [3.8, 4) is 5.75 Å². The maximum absolute atomic E-state index is 12.1. The van der Waals surface area contributed by atoms with Gasteiger partial charge < -0.3 is 14.0 Å². The van der Waals surface area contributed by atoms with Crippen LogP contribution in [0.25, 0.3) is 0 Å². The first-order valence-corrected chi connectivity index (χ1v) is 9.00. The molecule has 7 nitrogen and oxygen atoms in total. The molecule has 1 N–H and O–H groups in total. The van der Waals surface area contributed by atoms with E-state index in [0.717, 1.165) is 11.0 Å². The van der Waals surface area contributed by atoms with Crippen molar-refractivity contribution in [3.63, 3.8) is 0 Å². The lowest BCUT2D eigenvalue weighted by atomic mass is 9.76. The summed E-state index contributed by atoms with van der Waals surface area (Å²) in [5, 5.41) is 4.07. The van der Waals surface area contributed by atoms with E-state index in [1.165, 1.54) is 6.20 Å². The molecule has 0 unspecified atom stereocenters. The Kier molecular flexibility index (Phi) is 5.53. The average molecular weight is 381 g/mol. The number of carbonyl (C=O) groups excluding carboxylic acids is 1. The highest BCUT2D eigenvalue weighted by Crippen LogP contribution is 2.36. The van der Waals surface area contributed by atoms with Gasteiger partial charge in [0, 0.05) is 12.4 Å². The summed E-state index contributed by atoms with van der Waals surface area (Å²) < 4.78 is 17.6. The number of carbonyl (C=O) groups is 1. The van der Waals surface area contributed by atoms with Crippen LogP contribution in [0.15, 0.2) is 47.8 Å². The molecule has 3 rings (SSSR count). The number of nitrogens with zero attached hydrogens (tertiary/aromatic N) is 2. The van der Waals surface area contributed by atoms with Gasteiger partial charge in [-0.3, -0.25) is 9.78 Å². The van der Waals surface area contributed by atoms with Crippen LogP contribution in [-0.2, 0) is 9.31 Å². The minimum atomic E-state index is -0.574. The van der Waals surface area contributed by atoms with Gasteiger partial charge in [0.05, 0.1) is 30.1 Å². The Morgan fingerprint density at radius 3 is 2.54 bits per heavy atom. The SMILES string of the molecule is COc1ccc(/C=N/NC(=O)c2cccnc2)c(B2OC(C)(C)C(C)(C)O2)c1. The summed E-state index contributed by atoms with van der Waals surface area (Å²) in [7, 11) is 1.03. The molecule has 0 atom stereocenters. The maximum Gasteiger partial charge on any atom is 0.495 e.